The van der Waals surface area contributed by atoms with E-state index in [1.165, 1.54) is 0 Å². The number of esters is 1. The second-order valence-corrected chi connectivity index (χ2v) is 12.3. The average Bonchev–Trinajstić information content (AvgIpc) is 3.54. The predicted molar refractivity (Wildman–Crippen MR) is 176 cm³/mol. The third-order valence-corrected chi connectivity index (χ3v) is 9.35. The number of fused-ring (bicyclic) bond motifs is 1. The highest BCUT2D eigenvalue weighted by Gasteiger charge is 2.53. The molecule has 0 aliphatic carbocycles. The zero-order chi connectivity index (χ0) is 31.1. The van der Waals surface area contributed by atoms with Crippen LogP contribution in [-0.2, 0) is 27.5 Å². The number of anilines is 1. The minimum absolute atomic E-state index is 0.0630. The zero-order valence-electron chi connectivity index (χ0n) is 25.9. The lowest BCUT2D eigenvalue weighted by Crippen LogP contribution is -2.56. The van der Waals surface area contributed by atoms with E-state index in [4.69, 9.17) is 4.74 Å². The fourth-order valence-electron chi connectivity index (χ4n) is 6.86. The van der Waals surface area contributed by atoms with Gasteiger partial charge in [0, 0.05) is 38.3 Å². The van der Waals surface area contributed by atoms with Crippen LogP contribution in [0.5, 0.6) is 0 Å². The van der Waals surface area contributed by atoms with Gasteiger partial charge in [0.05, 0.1) is 17.7 Å². The fourth-order valence-corrected chi connectivity index (χ4v) is 6.86. The first-order chi connectivity index (χ1) is 22.0. The van der Waals surface area contributed by atoms with Crippen molar-refractivity contribution in [3.63, 3.8) is 0 Å². The number of aromatic amines is 1. The number of hydrogen-bond acceptors (Lipinski definition) is 6. The van der Waals surface area contributed by atoms with Crippen LogP contribution in [0, 0.1) is 0 Å². The molecule has 9 nitrogen and oxygen atoms in total. The van der Waals surface area contributed by atoms with Gasteiger partial charge < -0.3 is 24.4 Å². The van der Waals surface area contributed by atoms with E-state index in [0.29, 0.717) is 32.8 Å². The van der Waals surface area contributed by atoms with Crippen molar-refractivity contribution in [1.29, 1.82) is 0 Å². The van der Waals surface area contributed by atoms with Crippen LogP contribution in [0.1, 0.15) is 50.5 Å². The van der Waals surface area contributed by atoms with Gasteiger partial charge in [-0.25, -0.2) is 4.79 Å². The molecule has 0 radical (unpaired) electrons. The number of rotatable bonds is 13. The molecule has 236 valence electrons. The van der Waals surface area contributed by atoms with Gasteiger partial charge in [-0.05, 0) is 68.5 Å². The lowest BCUT2D eigenvalue weighted by atomic mass is 9.85. The largest absolute Gasteiger partial charge is 0.461 e. The van der Waals surface area contributed by atoms with Gasteiger partial charge in [0.2, 0.25) is 5.91 Å². The summed E-state index contributed by atoms with van der Waals surface area (Å²) in [6.45, 7) is 4.82. The van der Waals surface area contributed by atoms with E-state index in [1.54, 1.807) is 0 Å². The van der Waals surface area contributed by atoms with E-state index < -0.39 is 5.54 Å². The number of unbranched alkanes of at least 4 members (excludes halogenated alkanes) is 2. The second-order valence-electron chi connectivity index (χ2n) is 12.3. The zero-order valence-corrected chi connectivity index (χ0v) is 25.9. The molecule has 2 aliphatic heterocycles. The molecule has 0 saturated carbocycles. The minimum atomic E-state index is -0.535. The Hall–Kier alpha value is -4.37. The fraction of sp³-hybridized carbons (Fsp3) is 0.417. The van der Waals surface area contributed by atoms with Crippen LogP contribution in [0.15, 0.2) is 89.7 Å². The first kappa shape index (κ1) is 30.6. The Bertz CT molecular complexity index is 1630. The molecule has 1 N–H and O–H groups in total. The van der Waals surface area contributed by atoms with Crippen LogP contribution in [-0.4, -0.2) is 69.6 Å². The van der Waals surface area contributed by atoms with Crippen molar-refractivity contribution >= 4 is 28.6 Å². The molecule has 1 spiro atoms. The molecule has 3 aromatic carbocycles. The van der Waals surface area contributed by atoms with Crippen molar-refractivity contribution < 1.29 is 14.3 Å². The summed E-state index contributed by atoms with van der Waals surface area (Å²) in [6.07, 6.45) is 5.30. The molecule has 1 aromatic heterocycles. The number of hydrogen-bond donors (Lipinski definition) is 1. The Morgan fingerprint density at radius 1 is 0.778 bits per heavy atom. The number of likely N-dealkylation sites (tertiary alicyclic amines) is 1. The number of para-hydroxylation sites is 3. The van der Waals surface area contributed by atoms with Gasteiger partial charge in [-0.1, -0.05) is 67.1 Å². The van der Waals surface area contributed by atoms with E-state index in [1.807, 2.05) is 82.3 Å². The number of ether oxygens (including phenoxy) is 1. The summed E-state index contributed by atoms with van der Waals surface area (Å²) in [5.74, 6) is 0.0456. The van der Waals surface area contributed by atoms with E-state index in [0.717, 1.165) is 80.4 Å². The van der Waals surface area contributed by atoms with E-state index >= 15 is 0 Å². The number of carbonyl (C=O) groups is 2. The minimum Gasteiger partial charge on any atom is -0.461 e. The molecule has 2 fully saturated rings. The predicted octanol–water partition coefficient (Wildman–Crippen LogP) is 5.16. The van der Waals surface area contributed by atoms with Crippen LogP contribution >= 0.6 is 0 Å². The first-order valence-corrected chi connectivity index (χ1v) is 16.2. The van der Waals surface area contributed by atoms with E-state index in [9.17, 15) is 14.4 Å². The molecular weight excluding hydrogens is 566 g/mol. The Balaban J connectivity index is 0.994. The number of carbonyl (C=O) groups excluding carboxylic acids is 2. The van der Waals surface area contributed by atoms with Crippen LogP contribution in [0.3, 0.4) is 0 Å². The van der Waals surface area contributed by atoms with E-state index in [2.05, 4.69) is 26.9 Å². The standard InChI is InChI=1S/C36H43N5O4/c42-33(45-27-29-13-4-1-5-14-29)19-8-3-11-23-39-28-41(30-15-6-2-7-16-30)36(34(39)43)20-25-38(26-21-36)22-12-24-40-32-18-10-9-17-31(32)37-35(40)44/h1-2,4-7,9-10,13-18H,3,8,11-12,19-28H2,(H,37,44). The highest BCUT2D eigenvalue weighted by molar-refractivity contribution is 5.93. The summed E-state index contributed by atoms with van der Waals surface area (Å²) < 4.78 is 7.23. The highest BCUT2D eigenvalue weighted by atomic mass is 16.5. The maximum Gasteiger partial charge on any atom is 0.326 e. The average molecular weight is 610 g/mol. The molecule has 2 aliphatic rings. The molecule has 0 bridgehead atoms. The van der Waals surface area contributed by atoms with Gasteiger partial charge in [-0.2, -0.15) is 0 Å². The van der Waals surface area contributed by atoms with Crippen molar-refractivity contribution in [1.82, 2.24) is 19.4 Å². The second kappa shape index (κ2) is 14.2. The Kier molecular flexibility index (Phi) is 9.64. The van der Waals surface area contributed by atoms with Crippen molar-refractivity contribution in [2.24, 2.45) is 0 Å². The summed E-state index contributed by atoms with van der Waals surface area (Å²) in [5, 5.41) is 0. The quantitative estimate of drug-likeness (QED) is 0.166. The maximum atomic E-state index is 14.0. The lowest BCUT2D eigenvalue weighted by Gasteiger charge is -2.43. The topological polar surface area (TPSA) is 90.9 Å². The molecule has 1 amide bonds. The Morgan fingerprint density at radius 2 is 1.49 bits per heavy atom. The summed E-state index contributed by atoms with van der Waals surface area (Å²) in [7, 11) is 0. The van der Waals surface area contributed by atoms with Gasteiger partial charge in [-0.3, -0.25) is 14.2 Å². The molecule has 4 aromatic rings. The molecule has 3 heterocycles. The van der Waals surface area contributed by atoms with E-state index in [-0.39, 0.29) is 17.6 Å². The number of nitrogens with zero attached hydrogens (tertiary/aromatic N) is 4. The summed E-state index contributed by atoms with van der Waals surface area (Å²) >= 11 is 0. The molecule has 6 rings (SSSR count). The van der Waals surface area contributed by atoms with Crippen LogP contribution in [0.4, 0.5) is 5.69 Å². The monoisotopic (exact) mass is 609 g/mol. The van der Waals surface area contributed by atoms with Crippen LogP contribution in [0.25, 0.3) is 11.0 Å². The molecule has 9 heteroatoms. The molecular formula is C36H43N5O4. The number of piperidine rings is 1. The van der Waals surface area contributed by atoms with Crippen molar-refractivity contribution in [2.45, 2.75) is 63.6 Å². The SMILES string of the molecule is O=C(CCCCCN1CN(c2ccccc2)C2(CCN(CCCn3c(=O)[nH]c4ccccc43)CC2)C1=O)OCc1ccccc1. The number of H-pyrrole nitrogens is 1. The Labute approximate surface area is 264 Å². The van der Waals surface area contributed by atoms with Crippen molar-refractivity contribution in [3.05, 3.63) is 101 Å². The lowest BCUT2D eigenvalue weighted by molar-refractivity contribution is -0.145. The van der Waals surface area contributed by atoms with Crippen molar-refractivity contribution in [2.75, 3.05) is 37.7 Å². The van der Waals surface area contributed by atoms with Gasteiger partial charge >= 0.3 is 11.7 Å². The smallest absolute Gasteiger partial charge is 0.326 e. The summed E-state index contributed by atoms with van der Waals surface area (Å²) in [5.41, 5.74) is 3.29. The molecule has 0 unspecified atom stereocenters. The first-order valence-electron chi connectivity index (χ1n) is 16.2. The number of aryl methyl sites for hydroxylation is 1. The van der Waals surface area contributed by atoms with Gasteiger partial charge in [0.1, 0.15) is 12.1 Å². The van der Waals surface area contributed by atoms with Crippen LogP contribution in [0.2, 0.25) is 0 Å². The third kappa shape index (κ3) is 6.99. The summed E-state index contributed by atoms with van der Waals surface area (Å²) in [6, 6.07) is 27.8. The number of amides is 1. The normalized spacial score (nSPS) is 16.6. The maximum absolute atomic E-state index is 14.0. The molecule has 2 saturated heterocycles. The summed E-state index contributed by atoms with van der Waals surface area (Å²) in [4.78, 5) is 48.4. The van der Waals surface area contributed by atoms with Gasteiger partial charge in [-0.15, -0.1) is 0 Å². The van der Waals surface area contributed by atoms with Crippen molar-refractivity contribution in [3.8, 4) is 0 Å². The Morgan fingerprint density at radius 3 is 2.27 bits per heavy atom. The number of aromatic nitrogens is 2. The number of imidazole rings is 1. The third-order valence-electron chi connectivity index (χ3n) is 9.35. The molecule has 0 atom stereocenters. The number of benzene rings is 3. The molecule has 45 heavy (non-hydrogen) atoms. The van der Waals surface area contributed by atoms with Gasteiger partial charge in [0.25, 0.3) is 0 Å². The highest BCUT2D eigenvalue weighted by Crippen LogP contribution is 2.39. The number of nitrogens with one attached hydrogen (secondary N) is 1. The van der Waals surface area contributed by atoms with Crippen LogP contribution < -0.4 is 10.6 Å². The van der Waals surface area contributed by atoms with Gasteiger partial charge in [0.15, 0.2) is 0 Å².